The predicted octanol–water partition coefficient (Wildman–Crippen LogP) is 3.74. The van der Waals surface area contributed by atoms with Crippen LogP contribution in [0.2, 0.25) is 5.02 Å². The van der Waals surface area contributed by atoms with E-state index < -0.39 is 0 Å². The molecule has 2 aromatic carbocycles. The molecule has 0 bridgehead atoms. The van der Waals surface area contributed by atoms with Crippen molar-refractivity contribution in [1.82, 2.24) is 5.32 Å². The fraction of sp³-hybridized carbons (Fsp3) is 0.333. The summed E-state index contributed by atoms with van der Waals surface area (Å²) in [5, 5.41) is 4.50. The van der Waals surface area contributed by atoms with Crippen molar-refractivity contribution >= 4 is 11.6 Å². The molecule has 0 fully saturated rings. The van der Waals surface area contributed by atoms with Gasteiger partial charge >= 0.3 is 0 Å². The summed E-state index contributed by atoms with van der Waals surface area (Å²) in [5.41, 5.74) is 5.37. The second-order valence-electron chi connectivity index (χ2n) is 5.60. The van der Waals surface area contributed by atoms with E-state index in [1.165, 1.54) is 22.3 Å². The van der Waals surface area contributed by atoms with Crippen LogP contribution in [0, 0.1) is 0 Å². The van der Waals surface area contributed by atoms with Gasteiger partial charge in [0.05, 0.1) is 6.61 Å². The highest BCUT2D eigenvalue weighted by Crippen LogP contribution is 2.25. The molecular weight excluding hydrogens is 282 g/mol. The van der Waals surface area contributed by atoms with Gasteiger partial charge in [-0.1, -0.05) is 41.9 Å². The van der Waals surface area contributed by atoms with E-state index in [9.17, 15) is 0 Å². The molecule has 2 aromatic rings. The van der Waals surface area contributed by atoms with Gasteiger partial charge in [-0.2, -0.15) is 0 Å². The van der Waals surface area contributed by atoms with E-state index in [4.69, 9.17) is 16.3 Å². The lowest BCUT2D eigenvalue weighted by Gasteiger charge is -2.14. The maximum absolute atomic E-state index is 6.07. The molecule has 0 aromatic heterocycles. The first-order valence-electron chi connectivity index (χ1n) is 7.32. The molecule has 0 saturated carbocycles. The third kappa shape index (κ3) is 3.46. The third-order valence-corrected chi connectivity index (χ3v) is 4.34. The van der Waals surface area contributed by atoms with Crippen LogP contribution in [-0.4, -0.2) is 13.2 Å². The molecule has 110 valence electrons. The molecule has 21 heavy (non-hydrogen) atoms. The summed E-state index contributed by atoms with van der Waals surface area (Å²) in [6.07, 6.45) is 2.14. The van der Waals surface area contributed by atoms with E-state index in [0.717, 1.165) is 24.4 Å². The highest BCUT2D eigenvalue weighted by Gasteiger charge is 2.21. The molecule has 1 aliphatic rings. The summed E-state index contributed by atoms with van der Waals surface area (Å²) in [5.74, 6) is 0. The minimum absolute atomic E-state index is 0.495. The number of hydrogen-bond acceptors (Lipinski definition) is 2. The zero-order valence-corrected chi connectivity index (χ0v) is 13.0. The van der Waals surface area contributed by atoms with Crippen LogP contribution in [0.4, 0.5) is 0 Å². The molecule has 1 N–H and O–H groups in total. The van der Waals surface area contributed by atoms with Gasteiger partial charge in [-0.05, 0) is 47.2 Å². The molecule has 3 heteroatoms. The van der Waals surface area contributed by atoms with Gasteiger partial charge in [0.1, 0.15) is 0 Å². The fourth-order valence-corrected chi connectivity index (χ4v) is 3.21. The lowest BCUT2D eigenvalue weighted by Crippen LogP contribution is -2.29. The molecule has 0 aliphatic heterocycles. The molecule has 1 unspecified atom stereocenters. The topological polar surface area (TPSA) is 21.3 Å². The van der Waals surface area contributed by atoms with Crippen molar-refractivity contribution in [2.24, 2.45) is 0 Å². The van der Waals surface area contributed by atoms with E-state index in [0.29, 0.717) is 12.6 Å². The molecule has 0 amide bonds. The zero-order chi connectivity index (χ0) is 14.7. The van der Waals surface area contributed by atoms with Crippen LogP contribution in [0.25, 0.3) is 0 Å². The largest absolute Gasteiger partial charge is 0.380 e. The molecule has 1 atom stereocenters. The summed E-state index contributed by atoms with van der Waals surface area (Å²) >= 11 is 6.07. The Morgan fingerprint density at radius 2 is 1.86 bits per heavy atom. The number of nitrogens with one attached hydrogen (secondary N) is 1. The van der Waals surface area contributed by atoms with Crippen LogP contribution in [-0.2, 0) is 30.7 Å². The average Bonchev–Trinajstić information content (AvgIpc) is 2.88. The Hall–Kier alpha value is -1.35. The van der Waals surface area contributed by atoms with E-state index in [1.54, 1.807) is 7.11 Å². The smallest absolute Gasteiger partial charge is 0.0716 e. The highest BCUT2D eigenvalue weighted by atomic mass is 35.5. The van der Waals surface area contributed by atoms with Crippen LogP contribution in [0.15, 0.2) is 42.5 Å². The molecule has 0 heterocycles. The van der Waals surface area contributed by atoms with E-state index >= 15 is 0 Å². The van der Waals surface area contributed by atoms with Gasteiger partial charge in [0.25, 0.3) is 0 Å². The van der Waals surface area contributed by atoms with Crippen molar-refractivity contribution in [3.8, 4) is 0 Å². The van der Waals surface area contributed by atoms with E-state index in [2.05, 4.69) is 41.7 Å². The predicted molar refractivity (Wildman–Crippen MR) is 86.6 cm³/mol. The van der Waals surface area contributed by atoms with Crippen molar-refractivity contribution in [3.05, 3.63) is 69.7 Å². The van der Waals surface area contributed by atoms with Crippen LogP contribution in [0.1, 0.15) is 22.3 Å². The standard InChI is InChI=1S/C18H20ClNO/c1-21-12-15-5-3-2-4-14(15)11-20-18-9-13-6-7-17(19)8-16(13)10-18/h2-8,18,20H,9-12H2,1H3. The molecular formula is C18H20ClNO. The summed E-state index contributed by atoms with van der Waals surface area (Å²) in [4.78, 5) is 0. The van der Waals surface area contributed by atoms with Crippen LogP contribution in [0.3, 0.4) is 0 Å². The van der Waals surface area contributed by atoms with E-state index in [-0.39, 0.29) is 0 Å². The van der Waals surface area contributed by atoms with Gasteiger partial charge in [0.2, 0.25) is 0 Å². The number of methoxy groups -OCH3 is 1. The summed E-state index contributed by atoms with van der Waals surface area (Å²) in [6, 6.07) is 15.2. The Bertz CT molecular complexity index is 626. The molecule has 0 spiro atoms. The summed E-state index contributed by atoms with van der Waals surface area (Å²) < 4.78 is 5.26. The quantitative estimate of drug-likeness (QED) is 0.908. The second-order valence-corrected chi connectivity index (χ2v) is 6.04. The van der Waals surface area contributed by atoms with Crippen LogP contribution in [0.5, 0.6) is 0 Å². The first-order chi connectivity index (χ1) is 10.3. The highest BCUT2D eigenvalue weighted by molar-refractivity contribution is 6.30. The Kier molecular flexibility index (Phi) is 4.59. The zero-order valence-electron chi connectivity index (χ0n) is 12.2. The molecule has 0 radical (unpaired) electrons. The van der Waals surface area contributed by atoms with Crippen molar-refractivity contribution in [2.75, 3.05) is 7.11 Å². The maximum atomic E-state index is 6.07. The van der Waals surface area contributed by atoms with Gasteiger partial charge < -0.3 is 10.1 Å². The molecule has 0 saturated heterocycles. The number of hydrogen-bond donors (Lipinski definition) is 1. The van der Waals surface area contributed by atoms with Crippen molar-refractivity contribution in [1.29, 1.82) is 0 Å². The third-order valence-electron chi connectivity index (χ3n) is 4.10. The van der Waals surface area contributed by atoms with Crippen molar-refractivity contribution in [2.45, 2.75) is 32.0 Å². The van der Waals surface area contributed by atoms with Crippen molar-refractivity contribution < 1.29 is 4.74 Å². The minimum Gasteiger partial charge on any atom is -0.380 e. The summed E-state index contributed by atoms with van der Waals surface area (Å²) in [7, 11) is 1.74. The second kappa shape index (κ2) is 6.61. The van der Waals surface area contributed by atoms with Gasteiger partial charge in [-0.15, -0.1) is 0 Å². The van der Waals surface area contributed by atoms with Gasteiger partial charge in [0, 0.05) is 24.7 Å². The van der Waals surface area contributed by atoms with Crippen molar-refractivity contribution in [3.63, 3.8) is 0 Å². The molecule has 2 nitrogen and oxygen atoms in total. The number of benzene rings is 2. The summed E-state index contributed by atoms with van der Waals surface area (Å²) in [6.45, 7) is 1.55. The lowest BCUT2D eigenvalue weighted by molar-refractivity contribution is 0.184. The SMILES string of the molecule is COCc1ccccc1CNC1Cc2ccc(Cl)cc2C1. The van der Waals surface area contributed by atoms with Gasteiger partial charge in [0.15, 0.2) is 0 Å². The monoisotopic (exact) mass is 301 g/mol. The maximum Gasteiger partial charge on any atom is 0.0716 e. The number of ether oxygens (including phenoxy) is 1. The van der Waals surface area contributed by atoms with E-state index in [1.807, 2.05) is 6.07 Å². The van der Waals surface area contributed by atoms with Crippen LogP contribution < -0.4 is 5.32 Å². The lowest BCUT2D eigenvalue weighted by atomic mass is 10.1. The van der Waals surface area contributed by atoms with Gasteiger partial charge in [-0.25, -0.2) is 0 Å². The first-order valence-corrected chi connectivity index (χ1v) is 7.70. The fourth-order valence-electron chi connectivity index (χ4n) is 3.01. The van der Waals surface area contributed by atoms with Gasteiger partial charge in [-0.3, -0.25) is 0 Å². The number of rotatable bonds is 5. The molecule has 1 aliphatic carbocycles. The molecule has 3 rings (SSSR count). The number of halogens is 1. The Morgan fingerprint density at radius 1 is 1.10 bits per heavy atom. The Morgan fingerprint density at radius 3 is 2.67 bits per heavy atom. The Balaban J connectivity index is 1.62. The minimum atomic E-state index is 0.495. The average molecular weight is 302 g/mol. The first kappa shape index (κ1) is 14.6. The van der Waals surface area contributed by atoms with Crippen LogP contribution >= 0.6 is 11.6 Å². The number of fused-ring (bicyclic) bond motifs is 1. The normalized spacial score (nSPS) is 17.0. The Labute approximate surface area is 131 Å².